The number of hydrogen-bond donors (Lipinski definition) is 3. The molecule has 0 aliphatic rings. The van der Waals surface area contributed by atoms with Crippen LogP contribution >= 0.6 is 0 Å². The number of pyridine rings is 1. The van der Waals surface area contributed by atoms with Crippen molar-refractivity contribution < 1.29 is 5.11 Å². The van der Waals surface area contributed by atoms with Crippen LogP contribution in [0.2, 0.25) is 0 Å². The fourth-order valence-corrected chi connectivity index (χ4v) is 0.927. The van der Waals surface area contributed by atoms with Crippen molar-refractivity contribution in [1.82, 2.24) is 4.98 Å². The van der Waals surface area contributed by atoms with Crippen LogP contribution in [0.3, 0.4) is 0 Å². The zero-order valence-electron chi connectivity index (χ0n) is 8.66. The summed E-state index contributed by atoms with van der Waals surface area (Å²) in [5.41, 5.74) is -0.137. The molecule has 0 aromatic carbocycles. The van der Waals surface area contributed by atoms with Crippen LogP contribution in [0.1, 0.15) is 20.8 Å². The van der Waals surface area contributed by atoms with Gasteiger partial charge in [-0.05, 0) is 26.8 Å². The Morgan fingerprint density at radius 2 is 2.14 bits per heavy atom. The lowest BCUT2D eigenvalue weighted by Crippen LogP contribution is -2.39. The molecular weight excluding hydrogens is 180 g/mol. The standard InChI is InChI=1S/C10H16N2O2/c1-7(10(2,3)14)12-8-4-5-9(13)11-6-8/h4-7,12,14H,1-3H3,(H,11,13). The number of anilines is 1. The topological polar surface area (TPSA) is 65.1 Å². The maximum absolute atomic E-state index is 10.8. The molecule has 1 atom stereocenters. The highest BCUT2D eigenvalue weighted by Crippen LogP contribution is 2.13. The number of aromatic nitrogens is 1. The summed E-state index contributed by atoms with van der Waals surface area (Å²) >= 11 is 0. The third-order valence-corrected chi connectivity index (χ3v) is 2.23. The second-order valence-corrected chi connectivity index (χ2v) is 3.96. The summed E-state index contributed by atoms with van der Waals surface area (Å²) in [6.07, 6.45) is 1.59. The number of hydrogen-bond acceptors (Lipinski definition) is 3. The first-order valence-electron chi connectivity index (χ1n) is 4.57. The van der Waals surface area contributed by atoms with Crippen LogP contribution in [-0.4, -0.2) is 21.7 Å². The Bertz CT molecular complexity index is 331. The van der Waals surface area contributed by atoms with Crippen molar-refractivity contribution in [1.29, 1.82) is 0 Å². The van der Waals surface area contributed by atoms with E-state index in [-0.39, 0.29) is 11.6 Å². The Labute approximate surface area is 83.0 Å². The third-order valence-electron chi connectivity index (χ3n) is 2.23. The van der Waals surface area contributed by atoms with Crippen molar-refractivity contribution in [3.63, 3.8) is 0 Å². The number of H-pyrrole nitrogens is 1. The molecule has 0 spiro atoms. The van der Waals surface area contributed by atoms with E-state index in [0.29, 0.717) is 0 Å². The first kappa shape index (κ1) is 10.8. The van der Waals surface area contributed by atoms with E-state index in [1.165, 1.54) is 6.07 Å². The number of aromatic amines is 1. The zero-order chi connectivity index (χ0) is 10.8. The molecule has 0 bridgehead atoms. The van der Waals surface area contributed by atoms with E-state index in [2.05, 4.69) is 10.3 Å². The van der Waals surface area contributed by atoms with Crippen LogP contribution in [0.5, 0.6) is 0 Å². The molecule has 1 rings (SSSR count). The minimum atomic E-state index is -0.795. The van der Waals surface area contributed by atoms with Gasteiger partial charge in [-0.1, -0.05) is 0 Å². The highest BCUT2D eigenvalue weighted by molar-refractivity contribution is 5.41. The van der Waals surface area contributed by atoms with Crippen LogP contribution in [-0.2, 0) is 0 Å². The van der Waals surface area contributed by atoms with E-state index >= 15 is 0 Å². The molecule has 4 heteroatoms. The van der Waals surface area contributed by atoms with Gasteiger partial charge in [0.25, 0.3) is 0 Å². The van der Waals surface area contributed by atoms with Gasteiger partial charge in [-0.15, -0.1) is 0 Å². The van der Waals surface area contributed by atoms with Crippen molar-refractivity contribution in [2.24, 2.45) is 0 Å². The average molecular weight is 196 g/mol. The highest BCUT2D eigenvalue weighted by atomic mass is 16.3. The van der Waals surface area contributed by atoms with Gasteiger partial charge >= 0.3 is 0 Å². The summed E-state index contributed by atoms with van der Waals surface area (Å²) in [4.78, 5) is 13.3. The van der Waals surface area contributed by atoms with E-state index in [1.54, 1.807) is 26.1 Å². The predicted octanol–water partition coefficient (Wildman–Crippen LogP) is 0.946. The highest BCUT2D eigenvalue weighted by Gasteiger charge is 2.21. The lowest BCUT2D eigenvalue weighted by molar-refractivity contribution is 0.0649. The molecule has 4 nitrogen and oxygen atoms in total. The Morgan fingerprint density at radius 1 is 1.50 bits per heavy atom. The summed E-state index contributed by atoms with van der Waals surface area (Å²) in [6.45, 7) is 5.35. The molecule has 0 aliphatic carbocycles. The maximum atomic E-state index is 10.8. The molecule has 3 N–H and O–H groups in total. The Morgan fingerprint density at radius 3 is 2.57 bits per heavy atom. The molecule has 1 heterocycles. The van der Waals surface area contributed by atoms with Crippen LogP contribution in [0.15, 0.2) is 23.1 Å². The molecule has 0 amide bonds. The van der Waals surface area contributed by atoms with E-state index in [9.17, 15) is 9.90 Å². The second kappa shape index (κ2) is 3.84. The molecule has 1 aromatic rings. The SMILES string of the molecule is CC(Nc1ccc(=O)[nH]c1)C(C)(C)O. The number of aliphatic hydroxyl groups is 1. The van der Waals surface area contributed by atoms with Gasteiger partial charge in [-0.25, -0.2) is 0 Å². The summed E-state index contributed by atoms with van der Waals surface area (Å²) in [6, 6.07) is 3.04. The van der Waals surface area contributed by atoms with Gasteiger partial charge < -0.3 is 15.4 Å². The Balaban J connectivity index is 2.70. The van der Waals surface area contributed by atoms with Gasteiger partial charge in [-0.2, -0.15) is 0 Å². The molecule has 0 fully saturated rings. The van der Waals surface area contributed by atoms with Crippen molar-refractivity contribution in [3.05, 3.63) is 28.7 Å². The van der Waals surface area contributed by atoms with E-state index < -0.39 is 5.60 Å². The zero-order valence-corrected chi connectivity index (χ0v) is 8.66. The van der Waals surface area contributed by atoms with Gasteiger partial charge in [0.1, 0.15) is 0 Å². The van der Waals surface area contributed by atoms with Crippen LogP contribution < -0.4 is 10.9 Å². The molecule has 0 aliphatic heterocycles. The molecule has 0 saturated heterocycles. The Kier molecular flexibility index (Phi) is 2.96. The predicted molar refractivity (Wildman–Crippen MR) is 56.4 cm³/mol. The van der Waals surface area contributed by atoms with Crippen molar-refractivity contribution in [2.75, 3.05) is 5.32 Å². The molecule has 78 valence electrons. The molecule has 0 radical (unpaired) electrons. The summed E-state index contributed by atoms with van der Waals surface area (Å²) in [7, 11) is 0. The van der Waals surface area contributed by atoms with Gasteiger partial charge in [0.05, 0.1) is 17.3 Å². The fourth-order valence-electron chi connectivity index (χ4n) is 0.927. The van der Waals surface area contributed by atoms with Gasteiger partial charge in [0.2, 0.25) is 5.56 Å². The van der Waals surface area contributed by atoms with Crippen LogP contribution in [0, 0.1) is 0 Å². The third kappa shape index (κ3) is 2.88. The summed E-state index contributed by atoms with van der Waals surface area (Å²) < 4.78 is 0. The minimum absolute atomic E-state index is 0.0894. The number of nitrogens with one attached hydrogen (secondary N) is 2. The largest absolute Gasteiger partial charge is 0.388 e. The molecule has 14 heavy (non-hydrogen) atoms. The quantitative estimate of drug-likeness (QED) is 0.674. The Hall–Kier alpha value is -1.29. The van der Waals surface area contributed by atoms with Gasteiger partial charge in [0.15, 0.2) is 0 Å². The van der Waals surface area contributed by atoms with Crippen LogP contribution in [0.4, 0.5) is 5.69 Å². The first-order chi connectivity index (χ1) is 6.39. The van der Waals surface area contributed by atoms with Gasteiger partial charge in [0, 0.05) is 12.3 Å². The summed E-state index contributed by atoms with van der Waals surface area (Å²) in [5, 5.41) is 12.8. The monoisotopic (exact) mass is 196 g/mol. The smallest absolute Gasteiger partial charge is 0.248 e. The molecule has 0 saturated carbocycles. The normalized spacial score (nSPS) is 13.7. The lowest BCUT2D eigenvalue weighted by Gasteiger charge is -2.27. The van der Waals surface area contributed by atoms with E-state index in [1.807, 2.05) is 6.92 Å². The van der Waals surface area contributed by atoms with Crippen molar-refractivity contribution in [3.8, 4) is 0 Å². The van der Waals surface area contributed by atoms with E-state index in [0.717, 1.165) is 5.69 Å². The maximum Gasteiger partial charge on any atom is 0.248 e. The van der Waals surface area contributed by atoms with E-state index in [4.69, 9.17) is 0 Å². The lowest BCUT2D eigenvalue weighted by atomic mass is 10.0. The summed E-state index contributed by atoms with van der Waals surface area (Å²) in [5.74, 6) is 0. The van der Waals surface area contributed by atoms with Crippen molar-refractivity contribution >= 4 is 5.69 Å². The average Bonchev–Trinajstić information content (AvgIpc) is 2.07. The van der Waals surface area contributed by atoms with Crippen molar-refractivity contribution in [2.45, 2.75) is 32.4 Å². The van der Waals surface area contributed by atoms with Gasteiger partial charge in [-0.3, -0.25) is 4.79 Å². The number of rotatable bonds is 3. The molecule has 1 unspecified atom stereocenters. The van der Waals surface area contributed by atoms with Crippen LogP contribution in [0.25, 0.3) is 0 Å². The minimum Gasteiger partial charge on any atom is -0.388 e. The first-order valence-corrected chi connectivity index (χ1v) is 4.57. The molecule has 1 aromatic heterocycles. The second-order valence-electron chi connectivity index (χ2n) is 3.96. The fraction of sp³-hybridized carbons (Fsp3) is 0.500. The molecular formula is C10H16N2O2.